The van der Waals surface area contributed by atoms with Crippen molar-refractivity contribution >= 4 is 5.78 Å². The van der Waals surface area contributed by atoms with E-state index in [1.54, 1.807) is 0 Å². The van der Waals surface area contributed by atoms with Gasteiger partial charge in [-0.2, -0.15) is 0 Å². The van der Waals surface area contributed by atoms with Gasteiger partial charge in [-0.1, -0.05) is 20.8 Å². The van der Waals surface area contributed by atoms with Crippen molar-refractivity contribution in [1.82, 2.24) is 4.90 Å². The Bertz CT molecular complexity index is 615. The van der Waals surface area contributed by atoms with E-state index in [2.05, 4.69) is 25.7 Å². The summed E-state index contributed by atoms with van der Waals surface area (Å²) >= 11 is 0. The fourth-order valence-electron chi connectivity index (χ4n) is 9.07. The number of carbonyl (C=O) groups is 1. The molecule has 0 radical (unpaired) electrons. The monoisotopic (exact) mass is 359 g/mol. The summed E-state index contributed by atoms with van der Waals surface area (Å²) in [7, 11) is 0. The summed E-state index contributed by atoms with van der Waals surface area (Å²) in [6.45, 7) is 9.15. The zero-order chi connectivity index (χ0) is 18.3. The first-order valence-electron chi connectivity index (χ1n) is 11.4. The lowest BCUT2D eigenvalue weighted by molar-refractivity contribution is -0.137. The molecule has 0 aromatic heterocycles. The van der Waals surface area contributed by atoms with E-state index in [-0.39, 0.29) is 11.5 Å². The van der Waals surface area contributed by atoms with Crippen molar-refractivity contribution in [2.75, 3.05) is 13.1 Å². The normalized spacial score (nSPS) is 55.1. The van der Waals surface area contributed by atoms with Crippen LogP contribution in [0.1, 0.15) is 78.6 Å². The highest BCUT2D eigenvalue weighted by Gasteiger charge is 2.79. The van der Waals surface area contributed by atoms with E-state index in [1.165, 1.54) is 25.7 Å². The van der Waals surface area contributed by atoms with Crippen LogP contribution >= 0.6 is 0 Å². The highest BCUT2D eigenvalue weighted by Crippen LogP contribution is 2.83. The smallest absolute Gasteiger partial charge is 0.139 e. The van der Waals surface area contributed by atoms with Crippen LogP contribution in [0.3, 0.4) is 0 Å². The lowest BCUT2D eigenvalue weighted by atomic mass is 9.49. The van der Waals surface area contributed by atoms with Gasteiger partial charge in [-0.25, -0.2) is 0 Å². The number of ketones is 1. The molecule has 0 bridgehead atoms. The molecule has 5 aliphatic rings. The number of rotatable bonds is 3. The number of hydrogen-bond acceptors (Lipinski definition) is 3. The fourth-order valence-corrected chi connectivity index (χ4v) is 9.07. The maximum Gasteiger partial charge on any atom is 0.139 e. The second kappa shape index (κ2) is 5.56. The molecular weight excluding hydrogens is 322 g/mol. The molecule has 0 heterocycles. The van der Waals surface area contributed by atoms with Gasteiger partial charge in [0.05, 0.1) is 6.10 Å². The van der Waals surface area contributed by atoms with Crippen molar-refractivity contribution in [2.45, 2.75) is 90.7 Å². The summed E-state index contributed by atoms with van der Waals surface area (Å²) < 4.78 is 0. The average Bonchev–Trinajstić information content (AvgIpc) is 3.22. The molecule has 0 aromatic carbocycles. The molecule has 8 atom stereocenters. The van der Waals surface area contributed by atoms with Gasteiger partial charge < -0.3 is 10.0 Å². The third kappa shape index (κ3) is 1.95. The zero-order valence-corrected chi connectivity index (χ0v) is 17.0. The fraction of sp³-hybridized carbons (Fsp3) is 0.957. The minimum atomic E-state index is -0.0813. The Hall–Kier alpha value is -0.410. The number of aliphatic hydroxyl groups excluding tert-OH is 1. The predicted molar refractivity (Wildman–Crippen MR) is 103 cm³/mol. The summed E-state index contributed by atoms with van der Waals surface area (Å²) in [5.41, 5.74) is 0.859. The number of fused-ring (bicyclic) bond motifs is 3. The van der Waals surface area contributed by atoms with Crippen LogP contribution in [0.2, 0.25) is 0 Å². The summed E-state index contributed by atoms with van der Waals surface area (Å²) in [4.78, 5) is 15.4. The van der Waals surface area contributed by atoms with Gasteiger partial charge in [-0.05, 0) is 93.0 Å². The van der Waals surface area contributed by atoms with Gasteiger partial charge in [-0.3, -0.25) is 4.79 Å². The van der Waals surface area contributed by atoms with Crippen LogP contribution < -0.4 is 0 Å². The minimum absolute atomic E-state index is 0.0192. The molecule has 146 valence electrons. The molecule has 0 spiro atoms. The second-order valence-corrected chi connectivity index (χ2v) is 10.7. The van der Waals surface area contributed by atoms with Crippen LogP contribution in [0, 0.1) is 34.0 Å². The molecule has 0 aromatic rings. The van der Waals surface area contributed by atoms with E-state index in [4.69, 9.17) is 0 Å². The molecule has 0 aliphatic heterocycles. The number of hydrogen-bond donors (Lipinski definition) is 1. The highest BCUT2D eigenvalue weighted by molar-refractivity contribution is 5.87. The maximum atomic E-state index is 12.7. The molecule has 0 amide bonds. The van der Waals surface area contributed by atoms with Crippen LogP contribution in [-0.2, 0) is 4.79 Å². The first kappa shape index (κ1) is 17.7. The van der Waals surface area contributed by atoms with E-state index >= 15 is 0 Å². The molecular formula is C23H37NO2. The molecule has 1 N–H and O–H groups in total. The van der Waals surface area contributed by atoms with Crippen molar-refractivity contribution in [2.24, 2.45) is 34.0 Å². The molecule has 1 unspecified atom stereocenters. The Morgan fingerprint density at radius 3 is 2.58 bits per heavy atom. The quantitative estimate of drug-likeness (QED) is 0.827. The summed E-state index contributed by atoms with van der Waals surface area (Å²) in [6, 6.07) is 0.631. The van der Waals surface area contributed by atoms with Crippen molar-refractivity contribution in [3.8, 4) is 0 Å². The topological polar surface area (TPSA) is 40.5 Å². The number of Topliss-reactive ketones (excluding diaryl/α,β-unsaturated/α-hetero) is 1. The molecule has 5 rings (SSSR count). The Balaban J connectivity index is 1.54. The highest BCUT2D eigenvalue weighted by atomic mass is 16.3. The Labute approximate surface area is 158 Å². The van der Waals surface area contributed by atoms with Crippen LogP contribution in [-0.4, -0.2) is 41.0 Å². The van der Waals surface area contributed by atoms with Gasteiger partial charge in [0.25, 0.3) is 0 Å². The molecule has 0 saturated heterocycles. The van der Waals surface area contributed by atoms with Crippen molar-refractivity contribution < 1.29 is 9.90 Å². The Kier molecular flexibility index (Phi) is 3.78. The molecule has 5 saturated carbocycles. The Morgan fingerprint density at radius 1 is 1.08 bits per heavy atom. The molecule has 5 aliphatic carbocycles. The van der Waals surface area contributed by atoms with Crippen molar-refractivity contribution in [3.05, 3.63) is 0 Å². The average molecular weight is 360 g/mol. The van der Waals surface area contributed by atoms with E-state index in [0.29, 0.717) is 28.6 Å². The van der Waals surface area contributed by atoms with Crippen molar-refractivity contribution in [1.29, 1.82) is 0 Å². The van der Waals surface area contributed by atoms with E-state index in [0.717, 1.165) is 57.0 Å². The van der Waals surface area contributed by atoms with Gasteiger partial charge in [0.2, 0.25) is 0 Å². The minimum Gasteiger partial charge on any atom is -0.393 e. The van der Waals surface area contributed by atoms with Crippen LogP contribution in [0.25, 0.3) is 0 Å². The van der Waals surface area contributed by atoms with Gasteiger partial charge >= 0.3 is 0 Å². The van der Waals surface area contributed by atoms with Crippen LogP contribution in [0.4, 0.5) is 0 Å². The lowest BCUT2D eigenvalue weighted by Crippen LogP contribution is -2.57. The van der Waals surface area contributed by atoms with Gasteiger partial charge in [0.15, 0.2) is 0 Å². The van der Waals surface area contributed by atoms with E-state index < -0.39 is 0 Å². The molecule has 3 nitrogen and oxygen atoms in total. The third-order valence-corrected chi connectivity index (χ3v) is 10.3. The maximum absolute atomic E-state index is 12.7. The van der Waals surface area contributed by atoms with Crippen molar-refractivity contribution in [3.63, 3.8) is 0 Å². The second-order valence-electron chi connectivity index (χ2n) is 10.7. The number of aliphatic hydroxyl groups is 1. The van der Waals surface area contributed by atoms with Gasteiger partial charge in [-0.15, -0.1) is 0 Å². The summed E-state index contributed by atoms with van der Waals surface area (Å²) in [6.07, 6.45) is 10.2. The predicted octanol–water partition coefficient (Wildman–Crippen LogP) is 4.03. The van der Waals surface area contributed by atoms with E-state index in [1.807, 2.05) is 0 Å². The lowest BCUT2D eigenvalue weighted by Gasteiger charge is -2.58. The third-order valence-electron chi connectivity index (χ3n) is 10.3. The molecule has 3 heteroatoms. The first-order chi connectivity index (χ1) is 12.4. The van der Waals surface area contributed by atoms with Crippen LogP contribution in [0.5, 0.6) is 0 Å². The number of carbonyl (C=O) groups excluding carboxylic acids is 1. The largest absolute Gasteiger partial charge is 0.393 e. The molecule has 26 heavy (non-hydrogen) atoms. The van der Waals surface area contributed by atoms with Gasteiger partial charge in [0, 0.05) is 17.9 Å². The zero-order valence-electron chi connectivity index (χ0n) is 17.0. The summed E-state index contributed by atoms with van der Waals surface area (Å²) in [5.74, 6) is 2.76. The summed E-state index contributed by atoms with van der Waals surface area (Å²) in [5, 5.41) is 10.5. The van der Waals surface area contributed by atoms with Gasteiger partial charge in [0.1, 0.15) is 5.78 Å². The first-order valence-corrected chi connectivity index (χ1v) is 11.4. The SMILES string of the molecule is CCN(CC)C1C[C@@H]2[C@H](CC[C@]3(C)C(=O)CC[C@@H]23)[C@@]23CC[C@H](O)C[C@@]12C3. The van der Waals surface area contributed by atoms with Crippen LogP contribution in [0.15, 0.2) is 0 Å². The molecule has 5 fully saturated rings. The Morgan fingerprint density at radius 2 is 1.85 bits per heavy atom. The van der Waals surface area contributed by atoms with E-state index in [9.17, 15) is 9.90 Å². The standard InChI is InChI=1S/C23H37NO2/c1-4-24(5-2)19-12-16-17-6-7-20(26)21(17,3)10-9-18(16)22-11-8-15(25)13-23(19,22)14-22/h15-19,25H,4-14H2,1-3H3/t15-,16-,17-,18-,19?,21-,22-,23+/m0/s1. The number of nitrogens with zero attached hydrogens (tertiary/aromatic N) is 1.